The van der Waals surface area contributed by atoms with Crippen molar-refractivity contribution in [2.75, 3.05) is 7.11 Å². The highest BCUT2D eigenvalue weighted by molar-refractivity contribution is 5.77. The molecule has 10 nitrogen and oxygen atoms in total. The molecule has 0 aliphatic carbocycles. The Bertz CT molecular complexity index is 994. The molecular formula is C17H13N5O5. The number of carbonyl (C=O) groups is 1. The first-order valence-electron chi connectivity index (χ1n) is 7.53. The summed E-state index contributed by atoms with van der Waals surface area (Å²) in [5.41, 5.74) is 0.535. The molecule has 0 aliphatic rings. The second kappa shape index (κ2) is 8.27. The normalized spacial score (nSPS) is 9.74. The lowest BCUT2D eigenvalue weighted by atomic mass is 10.1. The number of nitriles is 2. The topological polar surface area (TPSA) is 155 Å². The van der Waals surface area contributed by atoms with Gasteiger partial charge in [0.05, 0.1) is 30.7 Å². The largest absolute Gasteiger partial charge is 0.490 e. The summed E-state index contributed by atoms with van der Waals surface area (Å²) in [6.07, 6.45) is 2.58. The van der Waals surface area contributed by atoms with Gasteiger partial charge in [-0.25, -0.2) is 0 Å². The number of methoxy groups -OCH3 is 1. The number of ether oxygens (including phenoxy) is 1. The average Bonchev–Trinajstić information content (AvgIpc) is 3.06. The SMILES string of the molecule is COc1ccc(-c2nn(CCC(=O)O)cc2C=C(C#N)C#N)cc1[N+](=O)[O-]. The Morgan fingerprint density at radius 1 is 1.44 bits per heavy atom. The molecule has 0 spiro atoms. The molecule has 1 aromatic heterocycles. The summed E-state index contributed by atoms with van der Waals surface area (Å²) < 4.78 is 6.31. The Morgan fingerprint density at radius 3 is 2.70 bits per heavy atom. The van der Waals surface area contributed by atoms with Gasteiger partial charge in [0.15, 0.2) is 5.75 Å². The molecule has 0 bridgehead atoms. The first kappa shape index (κ1) is 19.1. The van der Waals surface area contributed by atoms with Gasteiger partial charge in [0.1, 0.15) is 17.7 Å². The number of allylic oxidation sites excluding steroid dienone is 1. The fourth-order valence-electron chi connectivity index (χ4n) is 2.32. The molecule has 2 aromatic rings. The molecule has 0 unspecified atom stereocenters. The van der Waals surface area contributed by atoms with Crippen LogP contribution in [0.15, 0.2) is 30.0 Å². The van der Waals surface area contributed by atoms with E-state index in [1.807, 2.05) is 0 Å². The van der Waals surface area contributed by atoms with Crippen LogP contribution in [0.3, 0.4) is 0 Å². The van der Waals surface area contributed by atoms with Crippen molar-refractivity contribution in [2.45, 2.75) is 13.0 Å². The van der Waals surface area contributed by atoms with Crippen molar-refractivity contribution in [3.63, 3.8) is 0 Å². The van der Waals surface area contributed by atoms with Crippen LogP contribution in [0.1, 0.15) is 12.0 Å². The first-order valence-corrected chi connectivity index (χ1v) is 7.53. The molecule has 0 aliphatic heterocycles. The summed E-state index contributed by atoms with van der Waals surface area (Å²) >= 11 is 0. The average molecular weight is 367 g/mol. The van der Waals surface area contributed by atoms with E-state index >= 15 is 0 Å². The van der Waals surface area contributed by atoms with Gasteiger partial charge in [-0.2, -0.15) is 15.6 Å². The Kier molecular flexibility index (Phi) is 5.86. The fourth-order valence-corrected chi connectivity index (χ4v) is 2.32. The smallest absolute Gasteiger partial charge is 0.311 e. The first-order chi connectivity index (χ1) is 12.9. The maximum absolute atomic E-state index is 11.2. The summed E-state index contributed by atoms with van der Waals surface area (Å²) in [5, 5.41) is 42.2. The van der Waals surface area contributed by atoms with E-state index in [-0.39, 0.29) is 35.7 Å². The number of nitro benzene ring substituents is 1. The molecule has 2 rings (SSSR count). The molecule has 0 atom stereocenters. The lowest BCUT2D eigenvalue weighted by Crippen LogP contribution is -2.04. The van der Waals surface area contributed by atoms with Crippen LogP contribution in [0.2, 0.25) is 0 Å². The summed E-state index contributed by atoms with van der Waals surface area (Å²) in [5.74, 6) is -0.945. The van der Waals surface area contributed by atoms with Gasteiger partial charge in [0.25, 0.3) is 0 Å². The maximum atomic E-state index is 11.2. The third-order valence-corrected chi connectivity index (χ3v) is 3.53. The molecule has 0 amide bonds. The minimum atomic E-state index is -1.01. The van der Waals surface area contributed by atoms with E-state index < -0.39 is 10.9 Å². The molecular weight excluding hydrogens is 354 g/mol. The number of carboxylic acid groups (broad SMARTS) is 1. The third-order valence-electron chi connectivity index (χ3n) is 3.53. The molecule has 0 saturated heterocycles. The third kappa shape index (κ3) is 4.46. The molecule has 0 radical (unpaired) electrons. The molecule has 1 aromatic carbocycles. The second-order valence-corrected chi connectivity index (χ2v) is 5.27. The quantitative estimate of drug-likeness (QED) is 0.444. The van der Waals surface area contributed by atoms with Gasteiger partial charge in [0, 0.05) is 23.4 Å². The Labute approximate surface area is 153 Å². The predicted molar refractivity (Wildman–Crippen MR) is 92.3 cm³/mol. The standard InChI is InChI=1S/C17H13N5O5/c1-27-15-3-2-12(7-14(15)22(25)26)17-13(6-11(8-18)9-19)10-21(20-17)5-4-16(23)24/h2-3,6-7,10H,4-5H2,1H3,(H,23,24). The fraction of sp³-hybridized carbons (Fsp3) is 0.176. The van der Waals surface area contributed by atoms with Crippen molar-refractivity contribution in [2.24, 2.45) is 0 Å². The zero-order valence-electron chi connectivity index (χ0n) is 14.1. The van der Waals surface area contributed by atoms with Gasteiger partial charge in [-0.15, -0.1) is 0 Å². The van der Waals surface area contributed by atoms with Gasteiger partial charge in [-0.05, 0) is 18.2 Å². The summed E-state index contributed by atoms with van der Waals surface area (Å²) in [7, 11) is 1.31. The molecule has 27 heavy (non-hydrogen) atoms. The zero-order chi connectivity index (χ0) is 20.0. The van der Waals surface area contributed by atoms with Crippen molar-refractivity contribution < 1.29 is 19.6 Å². The van der Waals surface area contributed by atoms with E-state index in [0.29, 0.717) is 11.1 Å². The number of nitro groups is 1. The molecule has 0 saturated carbocycles. The molecule has 136 valence electrons. The molecule has 10 heteroatoms. The highest BCUT2D eigenvalue weighted by Gasteiger charge is 2.19. The van der Waals surface area contributed by atoms with Crippen molar-refractivity contribution in [3.05, 3.63) is 45.6 Å². The van der Waals surface area contributed by atoms with E-state index in [1.54, 1.807) is 18.2 Å². The maximum Gasteiger partial charge on any atom is 0.311 e. The minimum absolute atomic E-state index is 0.0584. The van der Waals surface area contributed by atoms with Crippen molar-refractivity contribution in [3.8, 4) is 29.1 Å². The highest BCUT2D eigenvalue weighted by atomic mass is 16.6. The van der Waals surface area contributed by atoms with E-state index in [4.69, 9.17) is 20.4 Å². The van der Waals surface area contributed by atoms with Crippen LogP contribution < -0.4 is 4.74 Å². The van der Waals surface area contributed by atoms with E-state index in [9.17, 15) is 14.9 Å². The van der Waals surface area contributed by atoms with Crippen LogP contribution >= 0.6 is 0 Å². The Balaban J connectivity index is 2.60. The number of hydrogen-bond acceptors (Lipinski definition) is 7. The number of aliphatic carboxylic acids is 1. The van der Waals surface area contributed by atoms with Crippen LogP contribution in [-0.2, 0) is 11.3 Å². The van der Waals surface area contributed by atoms with Gasteiger partial charge in [0.2, 0.25) is 0 Å². The van der Waals surface area contributed by atoms with Gasteiger partial charge >= 0.3 is 11.7 Å². The number of benzene rings is 1. The number of rotatable bonds is 7. The molecule has 1 N–H and O–H groups in total. The lowest BCUT2D eigenvalue weighted by molar-refractivity contribution is -0.385. The summed E-state index contributed by atoms with van der Waals surface area (Å²) in [6.45, 7) is 0.0584. The number of aryl methyl sites for hydroxylation is 1. The van der Waals surface area contributed by atoms with E-state index in [0.717, 1.165) is 0 Å². The predicted octanol–water partition coefficient (Wildman–Crippen LogP) is 2.37. The van der Waals surface area contributed by atoms with Crippen LogP contribution in [-0.4, -0.2) is 32.9 Å². The van der Waals surface area contributed by atoms with Crippen LogP contribution in [0, 0.1) is 32.8 Å². The number of aromatic nitrogens is 2. The Hall–Kier alpha value is -4.18. The lowest BCUT2D eigenvalue weighted by Gasteiger charge is -2.04. The minimum Gasteiger partial charge on any atom is -0.490 e. The number of hydrogen-bond donors (Lipinski definition) is 1. The van der Waals surface area contributed by atoms with Crippen LogP contribution in [0.5, 0.6) is 5.75 Å². The van der Waals surface area contributed by atoms with Crippen LogP contribution in [0.4, 0.5) is 5.69 Å². The summed E-state index contributed by atoms with van der Waals surface area (Å²) in [4.78, 5) is 21.4. The molecule has 0 fully saturated rings. The van der Waals surface area contributed by atoms with E-state index in [2.05, 4.69) is 5.10 Å². The van der Waals surface area contributed by atoms with Gasteiger partial charge < -0.3 is 9.84 Å². The molecule has 1 heterocycles. The van der Waals surface area contributed by atoms with Crippen molar-refractivity contribution in [1.82, 2.24) is 9.78 Å². The monoisotopic (exact) mass is 367 g/mol. The second-order valence-electron chi connectivity index (χ2n) is 5.27. The zero-order valence-corrected chi connectivity index (χ0v) is 14.1. The van der Waals surface area contributed by atoms with Gasteiger partial charge in [-0.3, -0.25) is 19.6 Å². The van der Waals surface area contributed by atoms with Crippen molar-refractivity contribution >= 4 is 17.7 Å². The van der Waals surface area contributed by atoms with Crippen LogP contribution in [0.25, 0.3) is 17.3 Å². The van der Waals surface area contributed by atoms with Gasteiger partial charge in [-0.1, -0.05) is 0 Å². The van der Waals surface area contributed by atoms with E-state index in [1.165, 1.54) is 36.2 Å². The number of carboxylic acids is 1. The van der Waals surface area contributed by atoms with Crippen molar-refractivity contribution in [1.29, 1.82) is 10.5 Å². The Morgan fingerprint density at radius 2 is 2.15 bits per heavy atom. The summed E-state index contributed by atoms with van der Waals surface area (Å²) in [6, 6.07) is 7.67. The number of nitrogens with zero attached hydrogens (tertiary/aromatic N) is 5. The highest BCUT2D eigenvalue weighted by Crippen LogP contribution is 2.33.